The molecule has 666 valence electrons. The summed E-state index contributed by atoms with van der Waals surface area (Å²) in [4.78, 5) is 61.9. The molecule has 4 aliphatic carbocycles. The highest BCUT2D eigenvalue weighted by Gasteiger charge is 2.52. The van der Waals surface area contributed by atoms with Gasteiger partial charge in [-0.3, -0.25) is 14.6 Å². The van der Waals surface area contributed by atoms with Gasteiger partial charge in [0.25, 0.3) is 0 Å². The van der Waals surface area contributed by atoms with Gasteiger partial charge < -0.3 is 46.3 Å². The Bertz CT molecular complexity index is 4120. The smallest absolute Gasteiger partial charge is 0.418 e. The minimum absolute atomic E-state index is 0.0892. The van der Waals surface area contributed by atoms with Gasteiger partial charge in [-0.15, -0.1) is 45.1 Å². The van der Waals surface area contributed by atoms with E-state index < -0.39 is 57.0 Å². The summed E-state index contributed by atoms with van der Waals surface area (Å²) in [7, 11) is -9.74. The van der Waals surface area contributed by atoms with Crippen LogP contribution in [0.2, 0.25) is 0 Å². The molecule has 8 bridgehead atoms. The number of hydrogen-bond donors (Lipinski definition) is 2. The second-order valence-electron chi connectivity index (χ2n) is 35.3. The molecule has 12 aliphatic rings. The molecule has 0 unspecified atom stereocenters. The van der Waals surface area contributed by atoms with Crippen LogP contribution in [0.4, 0.5) is 19.2 Å². The van der Waals surface area contributed by atoms with E-state index in [1.807, 2.05) is 35.2 Å². The van der Waals surface area contributed by atoms with Crippen LogP contribution >= 0.6 is 0 Å². The number of piperidine rings is 4. The van der Waals surface area contributed by atoms with Crippen LogP contribution in [0.1, 0.15) is 336 Å². The van der Waals surface area contributed by atoms with Gasteiger partial charge in [0.2, 0.25) is 57.5 Å². The quantitative estimate of drug-likeness (QED) is 0.0160. The zero-order chi connectivity index (χ0) is 84.3. The standard InChI is InChI=1S/C22H28N4O3.C16H36N.2C15H22N4O6S.C15H22N4O3/c27-22-25-14-18(26(22)28-15-17-6-2-1-3-7-17)12-13-19(25)21-24-23-20(29-21)11-5-10-16-8-4-9-16;1-5-9-13-17(14-10-6-2,15-11-7-3)16-12-8-4;2*20-15-18-9-11(19(15)25-26(21,22)23)7-8-12(18)14-17-16-13(24-14)6-2-5-10-3-1-4-10;20-15-18-9-11(19(15)21)7-8-12(18)14-17-16-13(22-14)6-2-5-10-3-1-4-10/h1-3,6-7,16,18-19H,4-5,8-15H2;5-16H2,1-4H3;2*10-12H,1-9H2,(H,21,22,23);10-12,21H,1-9H2/q;+1;;;/p-1/t18-,19+;;3*11-,12+/m1.111/s1. The predicted octanol–water partition coefficient (Wildman–Crippen LogP) is 15.2. The Labute approximate surface area is 706 Å². The molecule has 17 rings (SSSR count). The number of benzene rings is 1. The zero-order valence-electron chi connectivity index (χ0n) is 70.8. The summed E-state index contributed by atoms with van der Waals surface area (Å²) >= 11 is 0. The molecule has 8 aliphatic heterocycles. The van der Waals surface area contributed by atoms with Gasteiger partial charge in [0.1, 0.15) is 30.8 Å². The average molecular weight is 1720 g/mol. The third-order valence-electron chi connectivity index (χ3n) is 26.8. The molecule has 8 saturated heterocycles. The SMILES string of the molecule is CCCC[N+](CCCC)(CCCC)CCCC.O=C1N(O)[C@@H]2CC[C@@H](c3nnc(CCCC4CCC4)o3)N1C2.O=C1N2C[C@@H](CC[C@H]2c2nnc(CCCC3CCC3)o2)N1OCc1ccccc1.O=C1N2C[C@@H](CC[C@H]2c2nnc(CCCC3CCC3)o2)N1OS(=O)(=O)O.O=C1N2C[C@@H](CC[C@H]2c2nnc(CCCC3CCC3)o2)N1OS(=O)(=O)[O-]. The lowest BCUT2D eigenvalue weighted by Crippen LogP contribution is -2.50. The summed E-state index contributed by atoms with van der Waals surface area (Å²) in [6.45, 7) is 17.2. The van der Waals surface area contributed by atoms with E-state index in [0.717, 1.165) is 111 Å². The topological polar surface area (TPSA) is 409 Å². The van der Waals surface area contributed by atoms with Gasteiger partial charge >= 0.3 is 34.5 Å². The fourth-order valence-corrected chi connectivity index (χ4v) is 19.6. The molecule has 8 atom stereocenters. The van der Waals surface area contributed by atoms with Crippen LogP contribution < -0.4 is 0 Å². The van der Waals surface area contributed by atoms with E-state index in [0.29, 0.717) is 109 Å². The van der Waals surface area contributed by atoms with E-state index >= 15 is 0 Å². The fourth-order valence-electron chi connectivity index (χ4n) is 18.8. The molecule has 35 nitrogen and oxygen atoms in total. The minimum atomic E-state index is -4.99. The first-order chi connectivity index (χ1) is 58.0. The molecule has 1 aromatic carbocycles. The third kappa shape index (κ3) is 23.9. The molecule has 2 N–H and O–H groups in total. The lowest BCUT2D eigenvalue weighted by molar-refractivity contribution is -0.929. The van der Waals surface area contributed by atoms with Crippen LogP contribution in [-0.4, -0.2) is 217 Å². The Kier molecular flexibility index (Phi) is 32.1. The van der Waals surface area contributed by atoms with Gasteiger partial charge in [0, 0.05) is 51.9 Å². The van der Waals surface area contributed by atoms with E-state index in [1.165, 1.54) is 195 Å². The van der Waals surface area contributed by atoms with Gasteiger partial charge in [0.05, 0.1) is 50.3 Å². The molecule has 4 aromatic heterocycles. The van der Waals surface area contributed by atoms with Crippen LogP contribution in [0.15, 0.2) is 48.0 Å². The highest BCUT2D eigenvalue weighted by atomic mass is 32.3. The molecule has 8 amide bonds. The number of amides is 8. The molecule has 37 heteroatoms. The van der Waals surface area contributed by atoms with Crippen LogP contribution in [0.25, 0.3) is 0 Å². The summed E-state index contributed by atoms with van der Waals surface area (Å²) < 4.78 is 96.5. The lowest BCUT2D eigenvalue weighted by atomic mass is 9.82. The zero-order valence-corrected chi connectivity index (χ0v) is 72.4. The number of hydrogen-bond acceptors (Lipinski definition) is 25. The number of nitrogens with zero attached hydrogens (tertiary/aromatic N) is 17. The van der Waals surface area contributed by atoms with Crippen LogP contribution in [-0.2, 0) is 66.5 Å². The Morgan fingerprint density at radius 2 is 0.717 bits per heavy atom. The first-order valence-corrected chi connectivity index (χ1v) is 48.0. The maximum atomic E-state index is 12.9. The van der Waals surface area contributed by atoms with E-state index in [2.05, 4.69) is 77.1 Å². The van der Waals surface area contributed by atoms with Crippen LogP contribution in [0.3, 0.4) is 0 Å². The second-order valence-corrected chi connectivity index (χ2v) is 37.3. The van der Waals surface area contributed by atoms with Crippen molar-refractivity contribution in [3.8, 4) is 0 Å². The second kappa shape index (κ2) is 42.7. The molecule has 0 radical (unpaired) electrons. The van der Waals surface area contributed by atoms with E-state index in [-0.39, 0.29) is 42.8 Å². The number of aryl methyl sites for hydroxylation is 4. The van der Waals surface area contributed by atoms with E-state index in [9.17, 15) is 45.8 Å². The van der Waals surface area contributed by atoms with Gasteiger partial charge in [-0.25, -0.2) is 32.7 Å². The van der Waals surface area contributed by atoms with Crippen molar-refractivity contribution in [2.75, 3.05) is 52.4 Å². The molecule has 12 fully saturated rings. The normalized spacial score (nSPS) is 24.2. The van der Waals surface area contributed by atoms with E-state index in [1.54, 1.807) is 9.96 Å². The van der Waals surface area contributed by atoms with Crippen molar-refractivity contribution >= 4 is 44.9 Å². The molecular weight excluding hydrogens is 1590 g/mol. The predicted molar refractivity (Wildman–Crippen MR) is 433 cm³/mol. The maximum absolute atomic E-state index is 12.9. The molecular formula is C83H129N17O18S2. The monoisotopic (exact) mass is 1720 g/mol. The first-order valence-electron chi connectivity index (χ1n) is 45.3. The number of quaternary nitrogens is 1. The van der Waals surface area contributed by atoms with Crippen molar-refractivity contribution in [1.29, 1.82) is 0 Å². The van der Waals surface area contributed by atoms with Crippen molar-refractivity contribution in [3.63, 3.8) is 0 Å². The first kappa shape index (κ1) is 90.2. The highest BCUT2D eigenvalue weighted by molar-refractivity contribution is 7.81. The molecule has 5 aromatic rings. The van der Waals surface area contributed by atoms with Gasteiger partial charge in [-0.05, 0) is 158 Å². The average Bonchev–Trinajstić information content (AvgIpc) is 1.64. The molecule has 0 spiro atoms. The number of carbonyl (C=O) groups excluding carboxylic acids is 4. The Balaban J connectivity index is 0.000000131. The fraction of sp³-hybridized carbons (Fsp3) is 0.783. The highest BCUT2D eigenvalue weighted by Crippen LogP contribution is 2.44. The number of carbonyl (C=O) groups is 4. The van der Waals surface area contributed by atoms with Gasteiger partial charge in [0.15, 0.2) is 0 Å². The van der Waals surface area contributed by atoms with Crippen LogP contribution in [0.5, 0.6) is 0 Å². The Morgan fingerprint density at radius 1 is 0.408 bits per heavy atom. The number of hydroxylamine groups is 8. The van der Waals surface area contributed by atoms with Gasteiger partial charge in [-0.1, -0.05) is 161 Å². The van der Waals surface area contributed by atoms with E-state index in [4.69, 9.17) is 27.1 Å². The van der Waals surface area contributed by atoms with Gasteiger partial charge in [-0.2, -0.15) is 27.9 Å². The maximum Gasteiger partial charge on any atom is 0.418 e. The molecule has 4 saturated carbocycles. The van der Waals surface area contributed by atoms with Crippen molar-refractivity contribution in [2.45, 2.75) is 339 Å². The number of urea groups is 4. The largest absolute Gasteiger partial charge is 0.724 e. The van der Waals surface area contributed by atoms with Crippen LogP contribution in [0, 0.1) is 23.7 Å². The number of fused-ring (bicyclic) bond motifs is 8. The number of aromatic nitrogens is 8. The lowest BCUT2D eigenvalue weighted by Gasteiger charge is -2.39. The number of rotatable bonds is 39. The molecule has 12 heterocycles. The minimum Gasteiger partial charge on any atom is -0.724 e. The van der Waals surface area contributed by atoms with Crippen molar-refractivity contribution in [3.05, 3.63) is 83.0 Å². The van der Waals surface area contributed by atoms with Crippen molar-refractivity contribution < 1.29 is 85.9 Å². The van der Waals surface area contributed by atoms with Crippen molar-refractivity contribution in [1.82, 2.24) is 80.6 Å². The Morgan fingerprint density at radius 3 is 1.03 bits per heavy atom. The Hall–Kier alpha value is -7.52. The summed E-state index contributed by atoms with van der Waals surface area (Å²) in [5, 5.41) is 46.5. The summed E-state index contributed by atoms with van der Waals surface area (Å²) in [6.07, 6.45) is 44.7. The summed E-state index contributed by atoms with van der Waals surface area (Å²) in [5.74, 6) is 7.76. The summed E-state index contributed by atoms with van der Waals surface area (Å²) in [5.41, 5.74) is 1.05. The third-order valence-corrected chi connectivity index (χ3v) is 27.5. The van der Waals surface area contributed by atoms with Crippen molar-refractivity contribution in [2.24, 2.45) is 23.7 Å². The molecule has 120 heavy (non-hydrogen) atoms. The number of unbranched alkanes of at least 4 members (excludes halogenated alkanes) is 4. The summed E-state index contributed by atoms with van der Waals surface area (Å²) in [6, 6.07) is 6.14.